The van der Waals surface area contributed by atoms with E-state index in [1.54, 1.807) is 4.90 Å². The smallest absolute Gasteiger partial charge is 0.255 e. The van der Waals surface area contributed by atoms with Gasteiger partial charge in [0.15, 0.2) is 0 Å². The van der Waals surface area contributed by atoms with Gasteiger partial charge in [0.1, 0.15) is 13.2 Å². The Morgan fingerprint density at radius 3 is 2.24 bits per heavy atom. The van der Waals surface area contributed by atoms with Gasteiger partial charge in [-0.2, -0.15) is 0 Å². The fourth-order valence-electron chi connectivity index (χ4n) is 3.52. The zero-order valence-corrected chi connectivity index (χ0v) is 14.6. The monoisotopic (exact) mass is 344 g/mol. The highest BCUT2D eigenvalue weighted by Gasteiger charge is 2.35. The summed E-state index contributed by atoms with van der Waals surface area (Å²) in [6.07, 6.45) is 3.34. The van der Waals surface area contributed by atoms with Gasteiger partial charge in [0, 0.05) is 24.7 Å². The van der Waals surface area contributed by atoms with Crippen LogP contribution in [-0.2, 0) is 20.7 Å². The van der Waals surface area contributed by atoms with Crippen molar-refractivity contribution in [2.75, 3.05) is 26.3 Å². The standard InChI is InChI=1S/C19H24N2O4/c1-2-3-14-4-6-15(7-5-14)19(24)20-10-8-16(9-11-20)21-17(22)12-25-13-18(21)23/h4-7,16H,2-3,8-13H2,1H3. The Hall–Kier alpha value is -2.21. The van der Waals surface area contributed by atoms with Crippen molar-refractivity contribution in [3.8, 4) is 0 Å². The number of likely N-dealkylation sites (tertiary alicyclic amines) is 1. The van der Waals surface area contributed by atoms with Gasteiger partial charge >= 0.3 is 0 Å². The molecule has 1 aromatic carbocycles. The molecule has 2 saturated heterocycles. The molecule has 0 saturated carbocycles. The molecule has 0 bridgehead atoms. The van der Waals surface area contributed by atoms with Gasteiger partial charge in [-0.1, -0.05) is 25.5 Å². The van der Waals surface area contributed by atoms with Crippen LogP contribution in [-0.4, -0.2) is 59.9 Å². The summed E-state index contributed by atoms with van der Waals surface area (Å²) < 4.78 is 4.95. The van der Waals surface area contributed by atoms with Gasteiger partial charge in [-0.15, -0.1) is 0 Å². The number of hydrogen-bond acceptors (Lipinski definition) is 4. The minimum atomic E-state index is -0.271. The Balaban J connectivity index is 1.59. The fourth-order valence-corrected chi connectivity index (χ4v) is 3.52. The number of amides is 3. The first-order chi connectivity index (χ1) is 12.1. The minimum Gasteiger partial charge on any atom is -0.362 e. The van der Waals surface area contributed by atoms with E-state index in [1.807, 2.05) is 24.3 Å². The van der Waals surface area contributed by atoms with E-state index in [2.05, 4.69) is 6.92 Å². The van der Waals surface area contributed by atoms with Crippen molar-refractivity contribution in [1.82, 2.24) is 9.80 Å². The Bertz CT molecular complexity index is 632. The predicted molar refractivity (Wildman–Crippen MR) is 92.0 cm³/mol. The zero-order chi connectivity index (χ0) is 17.8. The number of carbonyl (C=O) groups excluding carboxylic acids is 3. The maximum absolute atomic E-state index is 12.6. The second-order valence-electron chi connectivity index (χ2n) is 6.62. The summed E-state index contributed by atoms with van der Waals surface area (Å²) in [6, 6.07) is 7.66. The third-order valence-electron chi connectivity index (χ3n) is 4.84. The largest absolute Gasteiger partial charge is 0.362 e. The molecule has 1 aromatic rings. The van der Waals surface area contributed by atoms with Crippen molar-refractivity contribution in [3.63, 3.8) is 0 Å². The molecule has 2 fully saturated rings. The lowest BCUT2D eigenvalue weighted by atomic mass is 10.0. The van der Waals surface area contributed by atoms with Gasteiger partial charge in [-0.25, -0.2) is 0 Å². The maximum atomic E-state index is 12.6. The molecule has 0 N–H and O–H groups in total. The van der Waals surface area contributed by atoms with Crippen molar-refractivity contribution < 1.29 is 19.1 Å². The maximum Gasteiger partial charge on any atom is 0.255 e. The van der Waals surface area contributed by atoms with E-state index >= 15 is 0 Å². The van der Waals surface area contributed by atoms with Crippen LogP contribution in [0, 0.1) is 0 Å². The zero-order valence-electron chi connectivity index (χ0n) is 14.6. The molecular formula is C19H24N2O4. The van der Waals surface area contributed by atoms with E-state index in [0.717, 1.165) is 12.8 Å². The van der Waals surface area contributed by atoms with Gasteiger partial charge in [0.25, 0.3) is 17.7 Å². The van der Waals surface area contributed by atoms with E-state index in [9.17, 15) is 14.4 Å². The molecule has 3 amide bonds. The number of ether oxygens (including phenoxy) is 1. The summed E-state index contributed by atoms with van der Waals surface area (Å²) >= 11 is 0. The highest BCUT2D eigenvalue weighted by atomic mass is 16.5. The predicted octanol–water partition coefficient (Wildman–Crippen LogP) is 1.63. The van der Waals surface area contributed by atoms with Gasteiger partial charge in [0.05, 0.1) is 0 Å². The second-order valence-corrected chi connectivity index (χ2v) is 6.62. The van der Waals surface area contributed by atoms with Crippen LogP contribution in [0.3, 0.4) is 0 Å². The van der Waals surface area contributed by atoms with E-state index in [-0.39, 0.29) is 37.0 Å². The first-order valence-corrected chi connectivity index (χ1v) is 8.91. The third kappa shape index (κ3) is 3.90. The molecule has 6 heteroatoms. The van der Waals surface area contributed by atoms with Crippen molar-refractivity contribution in [2.24, 2.45) is 0 Å². The number of morpholine rings is 1. The molecule has 25 heavy (non-hydrogen) atoms. The van der Waals surface area contributed by atoms with E-state index in [4.69, 9.17) is 4.74 Å². The second kappa shape index (κ2) is 7.78. The number of rotatable bonds is 4. The SMILES string of the molecule is CCCc1ccc(C(=O)N2CCC(N3C(=O)COCC3=O)CC2)cc1. The third-order valence-corrected chi connectivity index (χ3v) is 4.84. The van der Waals surface area contributed by atoms with Crippen molar-refractivity contribution in [3.05, 3.63) is 35.4 Å². The summed E-state index contributed by atoms with van der Waals surface area (Å²) in [4.78, 5) is 39.6. The molecule has 2 aliphatic rings. The number of carbonyl (C=O) groups is 3. The molecule has 0 aliphatic carbocycles. The fraction of sp³-hybridized carbons (Fsp3) is 0.526. The number of aryl methyl sites for hydroxylation is 1. The number of imide groups is 1. The molecule has 0 unspecified atom stereocenters. The van der Waals surface area contributed by atoms with E-state index < -0.39 is 0 Å². The molecular weight excluding hydrogens is 320 g/mol. The van der Waals surface area contributed by atoms with E-state index in [0.29, 0.717) is 31.5 Å². The number of benzene rings is 1. The van der Waals surface area contributed by atoms with Crippen LogP contribution < -0.4 is 0 Å². The topological polar surface area (TPSA) is 66.9 Å². The first-order valence-electron chi connectivity index (χ1n) is 8.91. The molecule has 134 valence electrons. The van der Waals surface area contributed by atoms with Crippen LogP contribution in [0.1, 0.15) is 42.1 Å². The van der Waals surface area contributed by atoms with Crippen LogP contribution >= 0.6 is 0 Å². The molecule has 6 nitrogen and oxygen atoms in total. The average Bonchev–Trinajstić information content (AvgIpc) is 2.62. The molecule has 2 heterocycles. The lowest BCUT2D eigenvalue weighted by molar-refractivity contribution is -0.162. The van der Waals surface area contributed by atoms with Gasteiger partial charge in [-0.3, -0.25) is 19.3 Å². The summed E-state index contributed by atoms with van der Waals surface area (Å²) in [6.45, 7) is 3.17. The van der Waals surface area contributed by atoms with Crippen LogP contribution in [0.4, 0.5) is 0 Å². The molecule has 0 aromatic heterocycles. The molecule has 2 aliphatic heterocycles. The molecule has 0 spiro atoms. The molecule has 0 atom stereocenters. The van der Waals surface area contributed by atoms with E-state index in [1.165, 1.54) is 10.5 Å². The summed E-state index contributed by atoms with van der Waals surface area (Å²) in [5, 5.41) is 0. The normalized spacial score (nSPS) is 19.4. The average molecular weight is 344 g/mol. The van der Waals surface area contributed by atoms with Gasteiger partial charge < -0.3 is 9.64 Å². The lowest BCUT2D eigenvalue weighted by Gasteiger charge is -2.38. The highest BCUT2D eigenvalue weighted by Crippen LogP contribution is 2.21. The summed E-state index contributed by atoms with van der Waals surface area (Å²) in [5.74, 6) is -0.527. The molecule has 0 radical (unpaired) electrons. The number of piperidine rings is 1. The van der Waals surface area contributed by atoms with Crippen LogP contribution in [0.5, 0.6) is 0 Å². The van der Waals surface area contributed by atoms with Crippen LogP contribution in [0.15, 0.2) is 24.3 Å². The van der Waals surface area contributed by atoms with Crippen molar-refractivity contribution in [2.45, 2.75) is 38.6 Å². The Morgan fingerprint density at radius 2 is 1.68 bits per heavy atom. The summed E-state index contributed by atoms with van der Waals surface area (Å²) in [5.41, 5.74) is 1.93. The first kappa shape index (κ1) is 17.6. The molecule has 3 rings (SSSR count). The van der Waals surface area contributed by atoms with Crippen molar-refractivity contribution in [1.29, 1.82) is 0 Å². The minimum absolute atomic E-state index is 0.0149. The van der Waals surface area contributed by atoms with Crippen LogP contribution in [0.2, 0.25) is 0 Å². The van der Waals surface area contributed by atoms with Gasteiger partial charge in [-0.05, 0) is 37.0 Å². The Kier molecular flexibility index (Phi) is 5.48. The lowest BCUT2D eigenvalue weighted by Crippen LogP contribution is -2.55. The number of hydrogen-bond donors (Lipinski definition) is 0. The Morgan fingerprint density at radius 1 is 1.08 bits per heavy atom. The highest BCUT2D eigenvalue weighted by molar-refractivity contribution is 5.98. The quantitative estimate of drug-likeness (QED) is 0.779. The Labute approximate surface area is 147 Å². The van der Waals surface area contributed by atoms with Crippen molar-refractivity contribution >= 4 is 17.7 Å². The number of nitrogens with zero attached hydrogens (tertiary/aromatic N) is 2. The van der Waals surface area contributed by atoms with Crippen LogP contribution in [0.25, 0.3) is 0 Å². The summed E-state index contributed by atoms with van der Waals surface area (Å²) in [7, 11) is 0. The van der Waals surface area contributed by atoms with Gasteiger partial charge in [0.2, 0.25) is 0 Å².